The van der Waals surface area contributed by atoms with Gasteiger partial charge in [-0.3, -0.25) is 4.98 Å². The molecule has 2 heteroatoms. The van der Waals surface area contributed by atoms with Crippen LogP contribution in [0.3, 0.4) is 0 Å². The highest BCUT2D eigenvalue weighted by atomic mass is 35.5. The monoisotopic (exact) mass is 183 g/mol. The smallest absolute Gasteiger partial charge is 0.0492 e. The van der Waals surface area contributed by atoms with Crippen molar-refractivity contribution < 1.29 is 0 Å². The lowest BCUT2D eigenvalue weighted by molar-refractivity contribution is 0.860. The molecule has 0 N–H and O–H groups in total. The van der Waals surface area contributed by atoms with E-state index in [9.17, 15) is 0 Å². The van der Waals surface area contributed by atoms with Crippen molar-refractivity contribution in [2.24, 2.45) is 0 Å². The molecule has 1 rings (SSSR count). The minimum Gasteiger partial charge on any atom is -0.258 e. The zero-order valence-corrected chi connectivity index (χ0v) is 8.36. The molecule has 1 nitrogen and oxygen atoms in total. The Labute approximate surface area is 78.8 Å². The SMILES string of the molecule is CCCc1nc(C)ccc1CCl. The Kier molecular flexibility index (Phi) is 3.54. The maximum absolute atomic E-state index is 5.78. The van der Waals surface area contributed by atoms with Crippen LogP contribution >= 0.6 is 11.6 Å². The summed E-state index contributed by atoms with van der Waals surface area (Å²) >= 11 is 5.78. The van der Waals surface area contributed by atoms with Gasteiger partial charge >= 0.3 is 0 Å². The quantitative estimate of drug-likeness (QED) is 0.657. The van der Waals surface area contributed by atoms with Crippen LogP contribution in [0.25, 0.3) is 0 Å². The molecule has 0 saturated heterocycles. The van der Waals surface area contributed by atoms with Crippen LogP contribution in [0.5, 0.6) is 0 Å². The largest absolute Gasteiger partial charge is 0.258 e. The molecule has 1 aromatic heterocycles. The van der Waals surface area contributed by atoms with Crippen molar-refractivity contribution in [1.82, 2.24) is 4.98 Å². The number of alkyl halides is 1. The first kappa shape index (κ1) is 9.53. The highest BCUT2D eigenvalue weighted by Gasteiger charge is 2.01. The van der Waals surface area contributed by atoms with Crippen LogP contribution in [0.4, 0.5) is 0 Å². The van der Waals surface area contributed by atoms with Crippen molar-refractivity contribution in [2.45, 2.75) is 32.6 Å². The minimum atomic E-state index is 0.572. The van der Waals surface area contributed by atoms with E-state index in [2.05, 4.69) is 18.0 Å². The van der Waals surface area contributed by atoms with Crippen LogP contribution in [-0.2, 0) is 12.3 Å². The van der Waals surface area contributed by atoms with Gasteiger partial charge in [0.1, 0.15) is 0 Å². The van der Waals surface area contributed by atoms with Crippen LogP contribution in [0.2, 0.25) is 0 Å². The number of halogens is 1. The summed E-state index contributed by atoms with van der Waals surface area (Å²) in [6.45, 7) is 4.17. The second-order valence-electron chi connectivity index (χ2n) is 2.94. The van der Waals surface area contributed by atoms with Crippen LogP contribution in [0.1, 0.15) is 30.3 Å². The van der Waals surface area contributed by atoms with Gasteiger partial charge in [-0.05, 0) is 25.0 Å². The van der Waals surface area contributed by atoms with Gasteiger partial charge in [0.2, 0.25) is 0 Å². The van der Waals surface area contributed by atoms with E-state index in [1.54, 1.807) is 0 Å². The molecule has 0 radical (unpaired) electrons. The zero-order chi connectivity index (χ0) is 8.97. The first-order valence-corrected chi connectivity index (χ1v) is 4.82. The van der Waals surface area contributed by atoms with E-state index in [0.29, 0.717) is 5.88 Å². The van der Waals surface area contributed by atoms with Crippen LogP contribution in [0, 0.1) is 6.92 Å². The van der Waals surface area contributed by atoms with Crippen molar-refractivity contribution in [2.75, 3.05) is 0 Å². The van der Waals surface area contributed by atoms with Crippen LogP contribution in [0.15, 0.2) is 12.1 Å². The molecule has 0 saturated carbocycles. The summed E-state index contributed by atoms with van der Waals surface area (Å²) in [4.78, 5) is 4.45. The molecule has 0 aliphatic rings. The van der Waals surface area contributed by atoms with E-state index in [1.807, 2.05) is 13.0 Å². The Hall–Kier alpha value is -0.560. The zero-order valence-electron chi connectivity index (χ0n) is 7.60. The Bertz CT molecular complexity index is 258. The molecule has 0 unspecified atom stereocenters. The molecular weight excluding hydrogens is 170 g/mol. The number of aromatic nitrogens is 1. The van der Waals surface area contributed by atoms with Crippen molar-refractivity contribution >= 4 is 11.6 Å². The molecule has 0 aromatic carbocycles. The van der Waals surface area contributed by atoms with Crippen molar-refractivity contribution in [3.63, 3.8) is 0 Å². The fourth-order valence-corrected chi connectivity index (χ4v) is 1.46. The molecular formula is C10H14ClN. The van der Waals surface area contributed by atoms with Gasteiger partial charge in [0.15, 0.2) is 0 Å². The first-order valence-electron chi connectivity index (χ1n) is 4.29. The van der Waals surface area contributed by atoms with E-state index >= 15 is 0 Å². The Morgan fingerprint density at radius 2 is 2.17 bits per heavy atom. The van der Waals surface area contributed by atoms with E-state index < -0.39 is 0 Å². The van der Waals surface area contributed by atoms with E-state index in [4.69, 9.17) is 11.6 Å². The number of nitrogens with zero attached hydrogens (tertiary/aromatic N) is 1. The second kappa shape index (κ2) is 4.46. The summed E-state index contributed by atoms with van der Waals surface area (Å²) in [5, 5.41) is 0. The molecule has 0 bridgehead atoms. The van der Waals surface area contributed by atoms with E-state index in [1.165, 1.54) is 5.56 Å². The molecule has 0 amide bonds. The fourth-order valence-electron chi connectivity index (χ4n) is 1.21. The van der Waals surface area contributed by atoms with E-state index in [-0.39, 0.29) is 0 Å². The van der Waals surface area contributed by atoms with Gasteiger partial charge in [-0.1, -0.05) is 19.4 Å². The number of pyridine rings is 1. The summed E-state index contributed by atoms with van der Waals surface area (Å²) in [6.07, 6.45) is 2.16. The summed E-state index contributed by atoms with van der Waals surface area (Å²) < 4.78 is 0. The average molecular weight is 184 g/mol. The third kappa shape index (κ3) is 2.21. The normalized spacial score (nSPS) is 10.2. The summed E-state index contributed by atoms with van der Waals surface area (Å²) in [5.74, 6) is 0.572. The van der Waals surface area contributed by atoms with Gasteiger partial charge in [0.05, 0.1) is 0 Å². The lowest BCUT2D eigenvalue weighted by Gasteiger charge is -2.05. The highest BCUT2D eigenvalue weighted by molar-refractivity contribution is 6.17. The van der Waals surface area contributed by atoms with Gasteiger partial charge in [0, 0.05) is 17.3 Å². The maximum atomic E-state index is 5.78. The number of hydrogen-bond donors (Lipinski definition) is 0. The third-order valence-corrected chi connectivity index (χ3v) is 2.13. The molecule has 66 valence electrons. The molecule has 0 aliphatic heterocycles. The molecule has 0 spiro atoms. The Balaban J connectivity index is 2.95. The molecule has 1 heterocycles. The standard InChI is InChI=1S/C10H14ClN/c1-3-4-10-9(7-11)6-5-8(2)12-10/h5-6H,3-4,7H2,1-2H3. The Morgan fingerprint density at radius 1 is 1.42 bits per heavy atom. The third-order valence-electron chi connectivity index (χ3n) is 1.84. The predicted molar refractivity (Wildman–Crippen MR) is 52.5 cm³/mol. The molecule has 0 aliphatic carbocycles. The molecule has 0 fully saturated rings. The lowest BCUT2D eigenvalue weighted by Crippen LogP contribution is -1.97. The number of aryl methyl sites for hydroxylation is 2. The summed E-state index contributed by atoms with van der Waals surface area (Å²) in [5.41, 5.74) is 3.41. The topological polar surface area (TPSA) is 12.9 Å². The number of rotatable bonds is 3. The predicted octanol–water partition coefficient (Wildman–Crippen LogP) is 3.08. The first-order chi connectivity index (χ1) is 5.77. The van der Waals surface area contributed by atoms with Crippen LogP contribution < -0.4 is 0 Å². The summed E-state index contributed by atoms with van der Waals surface area (Å²) in [7, 11) is 0. The summed E-state index contributed by atoms with van der Waals surface area (Å²) in [6, 6.07) is 4.08. The van der Waals surface area contributed by atoms with Crippen molar-refractivity contribution in [3.05, 3.63) is 29.1 Å². The van der Waals surface area contributed by atoms with Crippen molar-refractivity contribution in [3.8, 4) is 0 Å². The fraction of sp³-hybridized carbons (Fsp3) is 0.500. The second-order valence-corrected chi connectivity index (χ2v) is 3.21. The maximum Gasteiger partial charge on any atom is 0.0492 e. The van der Waals surface area contributed by atoms with Crippen LogP contribution in [-0.4, -0.2) is 4.98 Å². The lowest BCUT2D eigenvalue weighted by atomic mass is 10.1. The molecule has 0 atom stereocenters. The number of hydrogen-bond acceptors (Lipinski definition) is 1. The minimum absolute atomic E-state index is 0.572. The molecule has 1 aromatic rings. The van der Waals surface area contributed by atoms with Gasteiger partial charge in [0.25, 0.3) is 0 Å². The van der Waals surface area contributed by atoms with Gasteiger partial charge < -0.3 is 0 Å². The average Bonchev–Trinajstić information content (AvgIpc) is 2.05. The Morgan fingerprint density at radius 3 is 2.75 bits per heavy atom. The van der Waals surface area contributed by atoms with Gasteiger partial charge in [-0.15, -0.1) is 11.6 Å². The van der Waals surface area contributed by atoms with E-state index in [0.717, 1.165) is 24.2 Å². The van der Waals surface area contributed by atoms with Crippen molar-refractivity contribution in [1.29, 1.82) is 0 Å². The van der Waals surface area contributed by atoms with Gasteiger partial charge in [-0.25, -0.2) is 0 Å². The van der Waals surface area contributed by atoms with Gasteiger partial charge in [-0.2, -0.15) is 0 Å². The highest BCUT2D eigenvalue weighted by Crippen LogP contribution is 2.12. The molecule has 12 heavy (non-hydrogen) atoms.